The SMILES string of the molecule is C=CCc1cc(/C=c2/sc3n(c2=O)[C@H](c2cccc(OC)c2OCC)C(C(=O)OCC)=C(C)N=3)cc(OCC)c1O. The van der Waals surface area contributed by atoms with E-state index < -0.39 is 12.0 Å². The van der Waals surface area contributed by atoms with E-state index in [1.165, 1.54) is 23.0 Å². The first kappa shape index (κ1) is 29.7. The van der Waals surface area contributed by atoms with Crippen LogP contribution in [-0.4, -0.2) is 42.6 Å². The summed E-state index contributed by atoms with van der Waals surface area (Å²) in [5.41, 5.74) is 2.23. The van der Waals surface area contributed by atoms with Crippen molar-refractivity contribution in [2.45, 2.75) is 40.2 Å². The number of esters is 1. The number of carbonyl (C=O) groups excluding carboxylic acids is 1. The Hall–Kier alpha value is -4.31. The van der Waals surface area contributed by atoms with Crippen LogP contribution < -0.4 is 29.1 Å². The number of fused-ring (bicyclic) bond motifs is 1. The lowest BCUT2D eigenvalue weighted by Gasteiger charge is -2.26. The van der Waals surface area contributed by atoms with Gasteiger partial charge < -0.3 is 24.1 Å². The highest BCUT2D eigenvalue weighted by Gasteiger charge is 2.36. The molecule has 0 bridgehead atoms. The van der Waals surface area contributed by atoms with Crippen molar-refractivity contribution in [2.24, 2.45) is 4.99 Å². The molecule has 0 fully saturated rings. The first-order chi connectivity index (χ1) is 19.8. The molecule has 1 aliphatic rings. The predicted molar refractivity (Wildman–Crippen MR) is 158 cm³/mol. The molecule has 2 aromatic carbocycles. The molecule has 0 radical (unpaired) electrons. The Bertz CT molecular complexity index is 1680. The summed E-state index contributed by atoms with van der Waals surface area (Å²) >= 11 is 1.20. The third kappa shape index (κ3) is 5.78. The van der Waals surface area contributed by atoms with E-state index in [1.807, 2.05) is 19.9 Å². The molecular formula is C31H34N2O7S. The number of thiazole rings is 1. The Kier molecular flexibility index (Phi) is 9.34. The molecule has 3 aromatic rings. The minimum Gasteiger partial charge on any atom is -0.504 e. The molecule has 0 amide bonds. The van der Waals surface area contributed by atoms with Gasteiger partial charge in [-0.05, 0) is 64.0 Å². The molecule has 10 heteroatoms. The number of nitrogens with zero attached hydrogens (tertiary/aromatic N) is 2. The van der Waals surface area contributed by atoms with Gasteiger partial charge in [0, 0.05) is 11.1 Å². The number of phenolic OH excluding ortho intramolecular Hbond substituents is 1. The van der Waals surface area contributed by atoms with Crippen molar-refractivity contribution in [3.8, 4) is 23.0 Å². The van der Waals surface area contributed by atoms with Gasteiger partial charge in [0.1, 0.15) is 6.04 Å². The lowest BCUT2D eigenvalue weighted by molar-refractivity contribution is -0.139. The molecule has 216 valence electrons. The van der Waals surface area contributed by atoms with Gasteiger partial charge in [-0.1, -0.05) is 29.5 Å². The van der Waals surface area contributed by atoms with Gasteiger partial charge in [0.05, 0.1) is 42.7 Å². The Morgan fingerprint density at radius 2 is 1.90 bits per heavy atom. The second kappa shape index (κ2) is 12.9. The van der Waals surface area contributed by atoms with Crippen LogP contribution >= 0.6 is 11.3 Å². The van der Waals surface area contributed by atoms with E-state index in [9.17, 15) is 14.7 Å². The standard InChI is InChI=1S/C31H34N2O7S/c1-7-12-20-15-19(16-23(27(20)34)38-8-2)17-24-29(35)33-26(21-13-11-14-22(37-6)28(21)39-9-3)25(30(36)40-10-4)18(5)32-31(33)41-24/h7,11,13-17,26,34H,1,8-10,12H2,2-6H3/b24-17+/t26-/m1/s1. The molecule has 0 unspecified atom stereocenters. The molecule has 1 atom stereocenters. The third-order valence-electron chi connectivity index (χ3n) is 6.47. The number of methoxy groups -OCH3 is 1. The summed E-state index contributed by atoms with van der Waals surface area (Å²) in [6.45, 7) is 11.8. The van der Waals surface area contributed by atoms with E-state index in [4.69, 9.17) is 18.9 Å². The summed E-state index contributed by atoms with van der Waals surface area (Å²) < 4.78 is 24.5. The molecule has 0 saturated carbocycles. The van der Waals surface area contributed by atoms with Gasteiger partial charge in [0.2, 0.25) is 0 Å². The summed E-state index contributed by atoms with van der Waals surface area (Å²) in [5.74, 6) is 0.713. The monoisotopic (exact) mass is 578 g/mol. The molecular weight excluding hydrogens is 544 g/mol. The Morgan fingerprint density at radius 3 is 2.56 bits per heavy atom. The van der Waals surface area contributed by atoms with Crippen LogP contribution in [-0.2, 0) is 16.0 Å². The molecule has 1 N–H and O–H groups in total. The summed E-state index contributed by atoms with van der Waals surface area (Å²) in [4.78, 5) is 32.4. The van der Waals surface area contributed by atoms with Crippen molar-refractivity contribution in [3.05, 3.63) is 90.6 Å². The molecule has 0 spiro atoms. The first-order valence-corrected chi connectivity index (χ1v) is 14.2. The fourth-order valence-electron chi connectivity index (χ4n) is 4.79. The van der Waals surface area contributed by atoms with E-state index in [0.717, 1.165) is 0 Å². The smallest absolute Gasteiger partial charge is 0.338 e. The average molecular weight is 579 g/mol. The average Bonchev–Trinajstić information content (AvgIpc) is 3.25. The highest BCUT2D eigenvalue weighted by atomic mass is 32.1. The van der Waals surface area contributed by atoms with Crippen LogP contribution in [0, 0.1) is 0 Å². The van der Waals surface area contributed by atoms with Crippen LogP contribution in [0.25, 0.3) is 6.08 Å². The maximum atomic E-state index is 14.1. The van der Waals surface area contributed by atoms with E-state index in [-0.39, 0.29) is 23.5 Å². The Balaban J connectivity index is 2.00. The van der Waals surface area contributed by atoms with E-state index in [2.05, 4.69) is 11.6 Å². The minimum atomic E-state index is -0.862. The lowest BCUT2D eigenvalue weighted by atomic mass is 9.94. The maximum Gasteiger partial charge on any atom is 0.338 e. The van der Waals surface area contributed by atoms with Crippen LogP contribution in [0.15, 0.2) is 64.0 Å². The number of allylic oxidation sites excluding steroid dienone is 2. The zero-order chi connectivity index (χ0) is 29.7. The van der Waals surface area contributed by atoms with E-state index in [0.29, 0.717) is 68.6 Å². The number of aromatic hydroxyl groups is 1. The largest absolute Gasteiger partial charge is 0.504 e. The number of rotatable bonds is 11. The predicted octanol–water partition coefficient (Wildman–Crippen LogP) is 4.04. The van der Waals surface area contributed by atoms with Crippen molar-refractivity contribution in [2.75, 3.05) is 26.9 Å². The van der Waals surface area contributed by atoms with Crippen LogP contribution in [0.2, 0.25) is 0 Å². The number of carbonyl (C=O) groups is 1. The number of hydrogen-bond acceptors (Lipinski definition) is 9. The number of phenols is 1. The lowest BCUT2D eigenvalue weighted by Crippen LogP contribution is -2.40. The van der Waals surface area contributed by atoms with Gasteiger partial charge in [-0.3, -0.25) is 9.36 Å². The Labute approximate surface area is 242 Å². The van der Waals surface area contributed by atoms with Gasteiger partial charge in [0.15, 0.2) is 27.8 Å². The van der Waals surface area contributed by atoms with Crippen molar-refractivity contribution in [1.82, 2.24) is 4.57 Å². The zero-order valence-electron chi connectivity index (χ0n) is 23.9. The summed E-state index contributed by atoms with van der Waals surface area (Å²) in [6.07, 6.45) is 3.84. The van der Waals surface area contributed by atoms with Crippen molar-refractivity contribution >= 4 is 23.4 Å². The van der Waals surface area contributed by atoms with Crippen LogP contribution in [0.1, 0.15) is 50.4 Å². The summed E-state index contributed by atoms with van der Waals surface area (Å²) in [6, 6.07) is 7.98. The molecule has 9 nitrogen and oxygen atoms in total. The van der Waals surface area contributed by atoms with Crippen LogP contribution in [0.4, 0.5) is 0 Å². The van der Waals surface area contributed by atoms with Crippen LogP contribution in [0.3, 0.4) is 0 Å². The van der Waals surface area contributed by atoms with Gasteiger partial charge in [0.25, 0.3) is 5.56 Å². The molecule has 0 saturated heterocycles. The van der Waals surface area contributed by atoms with Gasteiger partial charge in [-0.2, -0.15) is 0 Å². The quantitative estimate of drug-likeness (QED) is 0.270. The van der Waals surface area contributed by atoms with Crippen molar-refractivity contribution in [3.63, 3.8) is 0 Å². The van der Waals surface area contributed by atoms with Crippen LogP contribution in [0.5, 0.6) is 23.0 Å². The summed E-state index contributed by atoms with van der Waals surface area (Å²) in [7, 11) is 1.54. The van der Waals surface area contributed by atoms with Crippen molar-refractivity contribution < 1.29 is 28.8 Å². The minimum absolute atomic E-state index is 0.0431. The number of hydrogen-bond donors (Lipinski definition) is 1. The van der Waals surface area contributed by atoms with E-state index >= 15 is 0 Å². The second-order valence-electron chi connectivity index (χ2n) is 9.07. The summed E-state index contributed by atoms with van der Waals surface area (Å²) in [5, 5.41) is 10.6. The highest BCUT2D eigenvalue weighted by molar-refractivity contribution is 7.07. The topological polar surface area (TPSA) is 109 Å². The molecule has 1 aromatic heterocycles. The number of aromatic nitrogens is 1. The van der Waals surface area contributed by atoms with Gasteiger partial charge in [-0.15, -0.1) is 6.58 Å². The molecule has 41 heavy (non-hydrogen) atoms. The van der Waals surface area contributed by atoms with Gasteiger partial charge in [-0.25, -0.2) is 9.79 Å². The fraction of sp³-hybridized carbons (Fsp3) is 0.323. The fourth-order valence-corrected chi connectivity index (χ4v) is 5.84. The zero-order valence-corrected chi connectivity index (χ0v) is 24.7. The molecule has 0 aliphatic carbocycles. The Morgan fingerprint density at radius 1 is 1.15 bits per heavy atom. The number of benzene rings is 2. The first-order valence-electron chi connectivity index (χ1n) is 13.4. The second-order valence-corrected chi connectivity index (χ2v) is 10.1. The normalized spacial score (nSPS) is 14.8. The van der Waals surface area contributed by atoms with Crippen molar-refractivity contribution in [1.29, 1.82) is 0 Å². The van der Waals surface area contributed by atoms with E-state index in [1.54, 1.807) is 50.3 Å². The molecule has 2 heterocycles. The molecule has 1 aliphatic heterocycles. The highest BCUT2D eigenvalue weighted by Crippen LogP contribution is 2.41. The number of para-hydroxylation sites is 1. The third-order valence-corrected chi connectivity index (χ3v) is 7.45. The van der Waals surface area contributed by atoms with Gasteiger partial charge >= 0.3 is 5.97 Å². The maximum absolute atomic E-state index is 14.1. The number of ether oxygens (including phenoxy) is 4. The molecule has 4 rings (SSSR count).